The summed E-state index contributed by atoms with van der Waals surface area (Å²) in [5, 5.41) is 0. The summed E-state index contributed by atoms with van der Waals surface area (Å²) in [4.78, 5) is 13.8. The molecule has 0 amide bonds. The average Bonchev–Trinajstić information content (AvgIpc) is 2.69. The fraction of sp³-hybridized carbons (Fsp3) is 0.368. The third-order valence-corrected chi connectivity index (χ3v) is 4.63. The van der Waals surface area contributed by atoms with E-state index in [0.29, 0.717) is 12.4 Å². The van der Waals surface area contributed by atoms with Crippen LogP contribution in [0.4, 0.5) is 17.3 Å². The second-order valence-corrected chi connectivity index (χ2v) is 6.39. The molecule has 0 aliphatic carbocycles. The Hall–Kier alpha value is -2.80. The number of nitrogen functional groups attached to an aromatic ring is 1. The molecule has 7 nitrogen and oxygen atoms in total. The van der Waals surface area contributed by atoms with Crippen LogP contribution in [0, 0.1) is 6.92 Å². The first kappa shape index (κ1) is 16.7. The number of aromatic nitrogens is 2. The minimum Gasteiger partial charge on any atom is -0.498 e. The van der Waals surface area contributed by atoms with Gasteiger partial charge in [0.25, 0.3) is 0 Å². The van der Waals surface area contributed by atoms with Crippen LogP contribution in [0.25, 0.3) is 11.3 Å². The average molecular weight is 353 g/mol. The smallest absolute Gasteiger partial charge is 0.131 e. The van der Waals surface area contributed by atoms with Gasteiger partial charge in [-0.1, -0.05) is 0 Å². The third-order valence-electron chi connectivity index (χ3n) is 4.63. The molecule has 4 rings (SSSR count). The van der Waals surface area contributed by atoms with Crippen molar-refractivity contribution in [3.8, 4) is 11.3 Å². The summed E-state index contributed by atoms with van der Waals surface area (Å²) in [5.41, 5.74) is 9.67. The summed E-state index contributed by atoms with van der Waals surface area (Å²) in [5.74, 6) is 1.48. The topological polar surface area (TPSA) is 76.7 Å². The van der Waals surface area contributed by atoms with Crippen LogP contribution in [0.15, 0.2) is 36.7 Å². The molecular formula is C19H23N5O2. The van der Waals surface area contributed by atoms with Gasteiger partial charge in [0, 0.05) is 42.3 Å². The summed E-state index contributed by atoms with van der Waals surface area (Å²) in [6.45, 7) is 6.57. The zero-order valence-corrected chi connectivity index (χ0v) is 14.9. The predicted molar refractivity (Wildman–Crippen MR) is 102 cm³/mol. The molecule has 136 valence electrons. The van der Waals surface area contributed by atoms with Crippen molar-refractivity contribution in [3.63, 3.8) is 0 Å². The molecule has 0 atom stereocenters. The molecule has 2 aliphatic heterocycles. The normalized spacial score (nSPS) is 17.3. The number of rotatable bonds is 3. The van der Waals surface area contributed by atoms with Crippen LogP contribution >= 0.6 is 0 Å². The number of nitrogens with two attached hydrogens (primary N) is 1. The van der Waals surface area contributed by atoms with Gasteiger partial charge in [0.15, 0.2) is 0 Å². The minimum absolute atomic E-state index is 0.520. The van der Waals surface area contributed by atoms with Gasteiger partial charge in [-0.25, -0.2) is 9.97 Å². The first-order valence-electron chi connectivity index (χ1n) is 8.84. The highest BCUT2D eigenvalue weighted by Gasteiger charge is 2.18. The lowest BCUT2D eigenvalue weighted by atomic mass is 10.1. The van der Waals surface area contributed by atoms with Crippen LogP contribution in [-0.2, 0) is 9.47 Å². The van der Waals surface area contributed by atoms with Crippen molar-refractivity contribution in [2.45, 2.75) is 6.92 Å². The van der Waals surface area contributed by atoms with Crippen molar-refractivity contribution in [3.05, 3.63) is 42.4 Å². The first-order chi connectivity index (χ1) is 12.7. The molecule has 2 aliphatic rings. The second-order valence-electron chi connectivity index (χ2n) is 6.39. The molecule has 4 heterocycles. The van der Waals surface area contributed by atoms with E-state index in [1.165, 1.54) is 0 Å². The van der Waals surface area contributed by atoms with Crippen LogP contribution in [0.5, 0.6) is 0 Å². The molecule has 0 bridgehead atoms. The van der Waals surface area contributed by atoms with Gasteiger partial charge in [-0.15, -0.1) is 0 Å². The van der Waals surface area contributed by atoms with E-state index in [-0.39, 0.29) is 0 Å². The van der Waals surface area contributed by atoms with Gasteiger partial charge in [0.1, 0.15) is 18.2 Å². The fourth-order valence-electron chi connectivity index (χ4n) is 3.24. The molecule has 0 saturated carbocycles. The van der Waals surface area contributed by atoms with Crippen molar-refractivity contribution in [2.24, 2.45) is 0 Å². The molecule has 0 unspecified atom stereocenters. The Morgan fingerprint density at radius 2 is 1.88 bits per heavy atom. The van der Waals surface area contributed by atoms with Crippen molar-refractivity contribution >= 4 is 17.3 Å². The van der Waals surface area contributed by atoms with Crippen molar-refractivity contribution < 1.29 is 9.47 Å². The molecule has 1 fully saturated rings. The Labute approximate surface area is 153 Å². The Balaban J connectivity index is 1.78. The molecular weight excluding hydrogens is 330 g/mol. The van der Waals surface area contributed by atoms with Gasteiger partial charge in [-0.05, 0) is 25.1 Å². The van der Waals surface area contributed by atoms with Crippen LogP contribution in [0.1, 0.15) is 5.69 Å². The number of anilines is 3. The summed E-state index contributed by atoms with van der Waals surface area (Å²) in [6.07, 6.45) is 3.69. The minimum atomic E-state index is 0.520. The summed E-state index contributed by atoms with van der Waals surface area (Å²) in [6, 6.07) is 8.03. The number of hydrogen-bond acceptors (Lipinski definition) is 7. The molecule has 1 saturated heterocycles. The second kappa shape index (κ2) is 7.21. The molecule has 7 heteroatoms. The highest BCUT2D eigenvalue weighted by atomic mass is 16.5. The van der Waals surface area contributed by atoms with E-state index in [4.69, 9.17) is 20.2 Å². The Bertz CT molecular complexity index is 818. The van der Waals surface area contributed by atoms with Crippen molar-refractivity contribution in [1.82, 2.24) is 9.97 Å². The zero-order chi connectivity index (χ0) is 17.9. The molecule has 26 heavy (non-hydrogen) atoms. The van der Waals surface area contributed by atoms with E-state index >= 15 is 0 Å². The van der Waals surface area contributed by atoms with E-state index in [0.717, 1.165) is 61.3 Å². The number of aryl methyl sites for hydroxylation is 1. The summed E-state index contributed by atoms with van der Waals surface area (Å²) < 4.78 is 10.8. The van der Waals surface area contributed by atoms with E-state index < -0.39 is 0 Å². The number of nitrogens with zero attached hydrogens (tertiary/aromatic N) is 4. The predicted octanol–water partition coefficient (Wildman–Crippen LogP) is 2.18. The van der Waals surface area contributed by atoms with E-state index in [2.05, 4.69) is 26.9 Å². The zero-order valence-electron chi connectivity index (χ0n) is 14.9. The maximum Gasteiger partial charge on any atom is 0.131 e. The molecule has 0 aromatic carbocycles. The highest BCUT2D eigenvalue weighted by Crippen LogP contribution is 2.30. The van der Waals surface area contributed by atoms with Crippen molar-refractivity contribution in [1.29, 1.82) is 0 Å². The van der Waals surface area contributed by atoms with Crippen LogP contribution in [-0.4, -0.2) is 49.4 Å². The molecule has 2 aromatic rings. The first-order valence-corrected chi connectivity index (χ1v) is 8.84. The Kier molecular flexibility index (Phi) is 4.62. The van der Waals surface area contributed by atoms with Gasteiger partial charge in [-0.3, -0.25) is 0 Å². The van der Waals surface area contributed by atoms with E-state index in [1.54, 1.807) is 6.26 Å². The largest absolute Gasteiger partial charge is 0.498 e. The summed E-state index contributed by atoms with van der Waals surface area (Å²) >= 11 is 0. The highest BCUT2D eigenvalue weighted by molar-refractivity contribution is 5.71. The van der Waals surface area contributed by atoms with Crippen LogP contribution in [0.3, 0.4) is 0 Å². The Morgan fingerprint density at radius 3 is 2.62 bits per heavy atom. The molecule has 0 spiro atoms. The monoisotopic (exact) mass is 353 g/mol. The lowest BCUT2D eigenvalue weighted by Crippen LogP contribution is -2.37. The van der Waals surface area contributed by atoms with Crippen LogP contribution < -0.4 is 15.5 Å². The van der Waals surface area contributed by atoms with Gasteiger partial charge < -0.3 is 25.0 Å². The van der Waals surface area contributed by atoms with E-state index in [9.17, 15) is 0 Å². The standard InChI is InChI=1S/C19H23N5O2/c1-14-16(2-3-18(20)21-14)17-12-15(23-4-8-25-9-5-23)13-19(22-17)24-6-10-26-11-7-24/h2-4,8,12-13H,5-7,9-11H2,1H3,(H2,20,21). The Morgan fingerprint density at radius 1 is 1.04 bits per heavy atom. The maximum absolute atomic E-state index is 5.81. The third kappa shape index (κ3) is 3.43. The van der Waals surface area contributed by atoms with Gasteiger partial charge in [0.2, 0.25) is 0 Å². The van der Waals surface area contributed by atoms with Gasteiger partial charge >= 0.3 is 0 Å². The SMILES string of the molecule is Cc1nc(N)ccc1-c1cc(N2C=COCC2)cc(N2CCOCC2)n1. The van der Waals surface area contributed by atoms with E-state index in [1.807, 2.05) is 25.3 Å². The molecule has 2 aromatic heterocycles. The lowest BCUT2D eigenvalue weighted by molar-refractivity contribution is 0.122. The van der Waals surface area contributed by atoms with Crippen molar-refractivity contribution in [2.75, 3.05) is 55.0 Å². The number of pyridine rings is 2. The number of ether oxygens (including phenoxy) is 2. The number of morpholine rings is 1. The van der Waals surface area contributed by atoms with Gasteiger partial charge in [0.05, 0.1) is 31.7 Å². The molecule has 2 N–H and O–H groups in total. The molecule has 0 radical (unpaired) electrons. The van der Waals surface area contributed by atoms with Gasteiger partial charge in [-0.2, -0.15) is 0 Å². The van der Waals surface area contributed by atoms with Crippen LogP contribution in [0.2, 0.25) is 0 Å². The fourth-order valence-corrected chi connectivity index (χ4v) is 3.24. The quantitative estimate of drug-likeness (QED) is 0.906. The number of hydrogen-bond donors (Lipinski definition) is 1. The lowest BCUT2D eigenvalue weighted by Gasteiger charge is -2.30. The summed E-state index contributed by atoms with van der Waals surface area (Å²) in [7, 11) is 0. The maximum atomic E-state index is 5.81.